The molecule has 0 heteroatoms. The van der Waals surface area contributed by atoms with Gasteiger partial charge in [-0.05, 0) is 174 Å². The van der Waals surface area contributed by atoms with E-state index in [0.29, 0.717) is 35.5 Å². The van der Waals surface area contributed by atoms with Gasteiger partial charge >= 0.3 is 0 Å². The Morgan fingerprint density at radius 3 is 2.15 bits per heavy atom. The van der Waals surface area contributed by atoms with Gasteiger partial charge in [0.25, 0.3) is 0 Å². The topological polar surface area (TPSA) is 0 Å². The van der Waals surface area contributed by atoms with Gasteiger partial charge in [-0.15, -0.1) is 0 Å². The minimum absolute atomic E-state index is 0.489. The Labute approximate surface area is 287 Å². The van der Waals surface area contributed by atoms with Gasteiger partial charge in [0.05, 0.1) is 0 Å². The van der Waals surface area contributed by atoms with Gasteiger partial charge < -0.3 is 0 Å². The van der Waals surface area contributed by atoms with Crippen LogP contribution < -0.4 is 0 Å². The van der Waals surface area contributed by atoms with E-state index in [-0.39, 0.29) is 0 Å². The summed E-state index contributed by atoms with van der Waals surface area (Å²) < 4.78 is 0. The van der Waals surface area contributed by atoms with Crippen LogP contribution in [0.5, 0.6) is 0 Å². The number of hydrogen-bond acceptors (Lipinski definition) is 0. The van der Waals surface area contributed by atoms with E-state index >= 15 is 0 Å². The summed E-state index contributed by atoms with van der Waals surface area (Å²) in [6.45, 7) is 0. The molecule has 10 rings (SSSR count). The monoisotopic (exact) mass is 624 g/mol. The zero-order valence-electron chi connectivity index (χ0n) is 28.3. The molecule has 10 aliphatic rings. The summed E-state index contributed by atoms with van der Waals surface area (Å²) in [5, 5.41) is 0. The van der Waals surface area contributed by atoms with Crippen molar-refractivity contribution in [2.75, 3.05) is 0 Å². The van der Waals surface area contributed by atoms with Crippen LogP contribution >= 0.6 is 0 Å². The maximum atomic E-state index is 2.77. The highest BCUT2D eigenvalue weighted by Crippen LogP contribution is 2.57. The summed E-state index contributed by atoms with van der Waals surface area (Å²) in [6, 6.07) is 0. The first-order chi connectivity index (χ1) is 23.8. The zero-order valence-corrected chi connectivity index (χ0v) is 28.3. The molecule has 0 aromatic heterocycles. The molecule has 0 spiro atoms. The number of fused-ring (bicyclic) bond motifs is 4. The molecule has 0 aliphatic heterocycles. The maximum absolute atomic E-state index is 2.77. The molecule has 6 atom stereocenters. The van der Waals surface area contributed by atoms with Crippen molar-refractivity contribution in [1.29, 1.82) is 0 Å². The van der Waals surface area contributed by atoms with Crippen LogP contribution in [0, 0.1) is 35.5 Å². The smallest absolute Gasteiger partial charge is 0.00900 e. The van der Waals surface area contributed by atoms with Gasteiger partial charge in [-0.1, -0.05) is 109 Å². The van der Waals surface area contributed by atoms with E-state index in [4.69, 9.17) is 0 Å². The number of allylic oxidation sites excluding steroid dienone is 30. The number of hydrogen-bond donors (Lipinski definition) is 0. The lowest BCUT2D eigenvalue weighted by Crippen LogP contribution is -2.34. The van der Waals surface area contributed by atoms with Crippen LogP contribution in [0.4, 0.5) is 0 Å². The highest BCUT2D eigenvalue weighted by Gasteiger charge is 2.44. The molecule has 0 aromatic rings. The minimum Gasteiger partial charge on any atom is -0.0842 e. The second-order valence-electron chi connectivity index (χ2n) is 15.8. The van der Waals surface area contributed by atoms with Crippen LogP contribution in [0.1, 0.15) is 77.0 Å². The predicted octanol–water partition coefficient (Wildman–Crippen LogP) is 12.3. The fourth-order valence-electron chi connectivity index (χ4n) is 11.3. The van der Waals surface area contributed by atoms with Crippen molar-refractivity contribution in [3.63, 3.8) is 0 Å². The van der Waals surface area contributed by atoms with Crippen LogP contribution in [0.15, 0.2) is 176 Å². The molecule has 0 nitrogen and oxygen atoms in total. The van der Waals surface area contributed by atoms with Gasteiger partial charge in [0.2, 0.25) is 0 Å². The average Bonchev–Trinajstić information content (AvgIpc) is 3.16. The van der Waals surface area contributed by atoms with Crippen LogP contribution in [-0.4, -0.2) is 0 Å². The lowest BCUT2D eigenvalue weighted by Gasteiger charge is -2.46. The highest BCUT2D eigenvalue weighted by atomic mass is 14.5. The second kappa shape index (κ2) is 11.9. The van der Waals surface area contributed by atoms with Gasteiger partial charge in [0.15, 0.2) is 0 Å². The molecule has 0 radical (unpaired) electrons. The lowest BCUT2D eigenvalue weighted by molar-refractivity contribution is 0.318. The SMILES string of the molecule is C1=CC2=CC=CC(C3CC4=C(CC(C5C=CC=C6C=CCCC65)C5=C4CCC(C4=CC6=C(C=CCC6)CC4)=C5)C4=C3C=CCC4)C2C=C1. The van der Waals surface area contributed by atoms with Gasteiger partial charge in [0, 0.05) is 5.92 Å². The van der Waals surface area contributed by atoms with Crippen molar-refractivity contribution in [2.45, 2.75) is 77.0 Å². The molecule has 240 valence electrons. The zero-order chi connectivity index (χ0) is 31.6. The van der Waals surface area contributed by atoms with Crippen LogP contribution in [0.25, 0.3) is 0 Å². The lowest BCUT2D eigenvalue weighted by atomic mass is 9.57. The Bertz CT molecular complexity index is 1930. The maximum Gasteiger partial charge on any atom is 0.00900 e. The Kier molecular flexibility index (Phi) is 7.21. The fraction of sp³-hybridized carbons (Fsp3) is 0.375. The third-order valence-electron chi connectivity index (χ3n) is 13.5. The van der Waals surface area contributed by atoms with Gasteiger partial charge in [0.1, 0.15) is 0 Å². The summed E-state index contributed by atoms with van der Waals surface area (Å²) in [5.41, 5.74) is 20.0. The summed E-state index contributed by atoms with van der Waals surface area (Å²) in [6.07, 6.45) is 58.7. The Hall–Kier alpha value is -3.90. The van der Waals surface area contributed by atoms with Crippen molar-refractivity contribution >= 4 is 0 Å². The van der Waals surface area contributed by atoms with E-state index in [1.807, 2.05) is 0 Å². The first kappa shape index (κ1) is 29.1. The summed E-state index contributed by atoms with van der Waals surface area (Å²) in [4.78, 5) is 0. The first-order valence-electron chi connectivity index (χ1n) is 19.2. The van der Waals surface area contributed by atoms with Gasteiger partial charge in [-0.25, -0.2) is 0 Å². The molecule has 0 aromatic carbocycles. The third kappa shape index (κ3) is 4.77. The molecule has 0 fully saturated rings. The molecule has 0 bridgehead atoms. The largest absolute Gasteiger partial charge is 0.0842 e. The molecule has 6 unspecified atom stereocenters. The van der Waals surface area contributed by atoms with Crippen molar-refractivity contribution < 1.29 is 0 Å². The number of rotatable bonds is 3. The van der Waals surface area contributed by atoms with E-state index in [1.165, 1.54) is 82.6 Å². The van der Waals surface area contributed by atoms with E-state index in [9.17, 15) is 0 Å². The molecular formula is C48H48. The molecule has 10 aliphatic carbocycles. The quantitative estimate of drug-likeness (QED) is 0.293. The van der Waals surface area contributed by atoms with Crippen LogP contribution in [0.3, 0.4) is 0 Å². The highest BCUT2D eigenvalue weighted by molar-refractivity contribution is 5.63. The van der Waals surface area contributed by atoms with E-state index in [1.54, 1.807) is 61.3 Å². The molecule has 0 saturated heterocycles. The van der Waals surface area contributed by atoms with Crippen molar-refractivity contribution in [1.82, 2.24) is 0 Å². The summed E-state index contributed by atoms with van der Waals surface area (Å²) >= 11 is 0. The van der Waals surface area contributed by atoms with Crippen molar-refractivity contribution in [3.8, 4) is 0 Å². The predicted molar refractivity (Wildman–Crippen MR) is 201 cm³/mol. The Morgan fingerprint density at radius 1 is 0.458 bits per heavy atom. The Balaban J connectivity index is 1.09. The third-order valence-corrected chi connectivity index (χ3v) is 13.5. The second-order valence-corrected chi connectivity index (χ2v) is 15.8. The molecular weight excluding hydrogens is 577 g/mol. The molecule has 0 amide bonds. The standard InChI is InChI=1S/C48H48/c1-2-14-34-27-35(24-23-31(34)11-1)36-25-26-43-44(28-36)46(40-22-10-16-33-13-4-6-18-38(33)40)30-47-42-20-8-7-19-41(42)45(29-48(43)47)39-21-9-15-32-12-3-5-17-37(32)39/h1,3-5,7,9-13,15-17,19,21-22,27-28,37-40,45-46H,2,6,8,14,18,20,23-26,29-30H2. The van der Waals surface area contributed by atoms with Crippen molar-refractivity contribution in [2.24, 2.45) is 35.5 Å². The first-order valence-corrected chi connectivity index (χ1v) is 19.2. The van der Waals surface area contributed by atoms with Gasteiger partial charge in [-0.2, -0.15) is 0 Å². The van der Waals surface area contributed by atoms with Gasteiger partial charge in [-0.3, -0.25) is 0 Å². The normalized spacial score (nSPS) is 34.5. The van der Waals surface area contributed by atoms with E-state index in [0.717, 1.165) is 0 Å². The van der Waals surface area contributed by atoms with E-state index in [2.05, 4.69) is 109 Å². The molecule has 48 heavy (non-hydrogen) atoms. The molecule has 0 heterocycles. The van der Waals surface area contributed by atoms with Crippen molar-refractivity contribution in [3.05, 3.63) is 176 Å². The van der Waals surface area contributed by atoms with E-state index < -0.39 is 0 Å². The van der Waals surface area contributed by atoms with Crippen LogP contribution in [-0.2, 0) is 0 Å². The Morgan fingerprint density at radius 2 is 1.21 bits per heavy atom. The summed E-state index contributed by atoms with van der Waals surface area (Å²) in [7, 11) is 0. The summed E-state index contributed by atoms with van der Waals surface area (Å²) in [5.74, 6) is 3.35. The molecule has 0 saturated carbocycles. The minimum atomic E-state index is 0.489. The fourth-order valence-corrected chi connectivity index (χ4v) is 11.3. The molecule has 0 N–H and O–H groups in total. The average molecular weight is 625 g/mol. The van der Waals surface area contributed by atoms with Crippen LogP contribution in [0.2, 0.25) is 0 Å².